The van der Waals surface area contributed by atoms with Crippen LogP contribution >= 0.6 is 24.0 Å². The molecule has 0 atom stereocenters. The van der Waals surface area contributed by atoms with Gasteiger partial charge in [-0.2, -0.15) is 0 Å². The number of anilines is 1. The lowest BCUT2D eigenvalue weighted by Gasteiger charge is -2.25. The fourth-order valence-electron chi connectivity index (χ4n) is 2.57. The minimum absolute atomic E-state index is 0. The standard InChI is InChI=1S/C17H28N4.HI/c1-4-14-5-7-15(8-6-14)20-17(18)19-11-12-21(13(2)3)16-9-10-16;/h5-8,13,16H,4,9-12H2,1-3H3,(H3,18,19,20);1H. The van der Waals surface area contributed by atoms with Crippen molar-refractivity contribution in [2.75, 3.05) is 18.4 Å². The molecule has 0 amide bonds. The van der Waals surface area contributed by atoms with Crippen LogP contribution in [0, 0.1) is 0 Å². The maximum absolute atomic E-state index is 5.95. The van der Waals surface area contributed by atoms with Gasteiger partial charge in [-0.15, -0.1) is 24.0 Å². The molecular formula is C17H29IN4. The summed E-state index contributed by atoms with van der Waals surface area (Å²) in [7, 11) is 0. The van der Waals surface area contributed by atoms with Crippen LogP contribution in [0.4, 0.5) is 5.69 Å². The van der Waals surface area contributed by atoms with Crippen molar-refractivity contribution in [1.29, 1.82) is 0 Å². The Morgan fingerprint density at radius 1 is 1.32 bits per heavy atom. The molecule has 1 fully saturated rings. The maximum Gasteiger partial charge on any atom is 0.193 e. The number of benzene rings is 1. The Kier molecular flexibility index (Phi) is 8.17. The molecule has 4 nitrogen and oxygen atoms in total. The molecule has 0 aliphatic heterocycles. The average Bonchev–Trinajstić information content (AvgIpc) is 3.28. The molecule has 1 aromatic rings. The summed E-state index contributed by atoms with van der Waals surface area (Å²) in [5, 5.41) is 3.15. The lowest BCUT2D eigenvalue weighted by Crippen LogP contribution is -2.35. The second-order valence-electron chi connectivity index (χ2n) is 6.01. The van der Waals surface area contributed by atoms with E-state index in [1.54, 1.807) is 0 Å². The smallest absolute Gasteiger partial charge is 0.193 e. The van der Waals surface area contributed by atoms with Gasteiger partial charge in [0.2, 0.25) is 0 Å². The average molecular weight is 416 g/mol. The molecule has 0 aromatic heterocycles. The predicted octanol–water partition coefficient (Wildman–Crippen LogP) is 3.47. The van der Waals surface area contributed by atoms with Crippen molar-refractivity contribution in [2.45, 2.75) is 52.1 Å². The van der Waals surface area contributed by atoms with E-state index in [0.717, 1.165) is 31.2 Å². The zero-order valence-corrected chi connectivity index (χ0v) is 16.2. The summed E-state index contributed by atoms with van der Waals surface area (Å²) in [6, 6.07) is 9.68. The molecule has 3 N–H and O–H groups in total. The van der Waals surface area contributed by atoms with Gasteiger partial charge in [0.25, 0.3) is 0 Å². The number of halogens is 1. The molecule has 0 heterocycles. The Bertz CT molecular complexity index is 464. The zero-order valence-electron chi connectivity index (χ0n) is 13.9. The fraction of sp³-hybridized carbons (Fsp3) is 0.588. The predicted molar refractivity (Wildman–Crippen MR) is 106 cm³/mol. The van der Waals surface area contributed by atoms with Crippen molar-refractivity contribution in [3.05, 3.63) is 29.8 Å². The van der Waals surface area contributed by atoms with Crippen molar-refractivity contribution in [3.8, 4) is 0 Å². The van der Waals surface area contributed by atoms with E-state index in [4.69, 9.17) is 5.73 Å². The summed E-state index contributed by atoms with van der Waals surface area (Å²) in [6.45, 7) is 8.39. The number of hydrogen-bond donors (Lipinski definition) is 2. The number of aryl methyl sites for hydroxylation is 1. The van der Waals surface area contributed by atoms with E-state index < -0.39 is 0 Å². The quantitative estimate of drug-likeness (QED) is 0.407. The van der Waals surface area contributed by atoms with E-state index in [1.165, 1.54) is 18.4 Å². The molecule has 5 heteroatoms. The minimum Gasteiger partial charge on any atom is -0.370 e. The van der Waals surface area contributed by atoms with Crippen LogP contribution in [0.1, 0.15) is 39.2 Å². The highest BCUT2D eigenvalue weighted by Gasteiger charge is 2.29. The monoisotopic (exact) mass is 416 g/mol. The van der Waals surface area contributed by atoms with Gasteiger partial charge in [0.1, 0.15) is 0 Å². The van der Waals surface area contributed by atoms with Crippen LogP contribution < -0.4 is 11.1 Å². The van der Waals surface area contributed by atoms with Gasteiger partial charge in [-0.1, -0.05) is 19.1 Å². The maximum atomic E-state index is 5.95. The highest BCUT2D eigenvalue weighted by molar-refractivity contribution is 14.0. The van der Waals surface area contributed by atoms with Gasteiger partial charge in [-0.05, 0) is 50.8 Å². The fourth-order valence-corrected chi connectivity index (χ4v) is 2.57. The van der Waals surface area contributed by atoms with Crippen molar-refractivity contribution in [1.82, 2.24) is 4.90 Å². The van der Waals surface area contributed by atoms with Crippen LogP contribution in [0.15, 0.2) is 29.3 Å². The molecular weight excluding hydrogens is 387 g/mol. The van der Waals surface area contributed by atoms with E-state index in [2.05, 4.69) is 48.1 Å². The van der Waals surface area contributed by atoms with Crippen molar-refractivity contribution in [2.24, 2.45) is 10.7 Å². The number of rotatable bonds is 7. The Labute approximate surface area is 151 Å². The summed E-state index contributed by atoms with van der Waals surface area (Å²) in [5.41, 5.74) is 8.27. The first-order chi connectivity index (χ1) is 10.1. The lowest BCUT2D eigenvalue weighted by atomic mass is 10.1. The minimum atomic E-state index is 0. The van der Waals surface area contributed by atoms with Crippen LogP contribution in [0.25, 0.3) is 0 Å². The summed E-state index contributed by atoms with van der Waals surface area (Å²) in [5.74, 6) is 0.499. The topological polar surface area (TPSA) is 53.6 Å². The van der Waals surface area contributed by atoms with E-state index in [1.807, 2.05) is 12.1 Å². The Morgan fingerprint density at radius 2 is 1.95 bits per heavy atom. The molecule has 0 saturated heterocycles. The molecule has 1 saturated carbocycles. The number of hydrogen-bond acceptors (Lipinski definition) is 2. The molecule has 1 aliphatic carbocycles. The Hall–Kier alpha value is -0.820. The molecule has 1 aliphatic rings. The largest absolute Gasteiger partial charge is 0.370 e. The second kappa shape index (κ2) is 9.35. The van der Waals surface area contributed by atoms with Crippen molar-refractivity contribution >= 4 is 35.6 Å². The van der Waals surface area contributed by atoms with E-state index in [-0.39, 0.29) is 24.0 Å². The normalized spacial score (nSPS) is 15.0. The summed E-state index contributed by atoms with van der Waals surface area (Å²) < 4.78 is 0. The van der Waals surface area contributed by atoms with E-state index in [0.29, 0.717) is 12.0 Å². The highest BCUT2D eigenvalue weighted by atomic mass is 127. The number of aliphatic imine (C=N–C) groups is 1. The van der Waals surface area contributed by atoms with Gasteiger partial charge in [0.05, 0.1) is 6.54 Å². The molecule has 2 rings (SSSR count). The molecule has 22 heavy (non-hydrogen) atoms. The van der Waals surface area contributed by atoms with Crippen LogP contribution in [-0.2, 0) is 6.42 Å². The van der Waals surface area contributed by atoms with Gasteiger partial charge in [-0.25, -0.2) is 0 Å². The first-order valence-electron chi connectivity index (χ1n) is 8.01. The van der Waals surface area contributed by atoms with Gasteiger partial charge in [0.15, 0.2) is 5.96 Å². The van der Waals surface area contributed by atoms with Crippen molar-refractivity contribution in [3.63, 3.8) is 0 Å². The van der Waals surface area contributed by atoms with E-state index >= 15 is 0 Å². The Morgan fingerprint density at radius 3 is 2.45 bits per heavy atom. The lowest BCUT2D eigenvalue weighted by molar-refractivity contribution is 0.218. The number of nitrogens with one attached hydrogen (secondary N) is 1. The van der Waals surface area contributed by atoms with Crippen LogP contribution in [-0.4, -0.2) is 36.0 Å². The van der Waals surface area contributed by atoms with Gasteiger partial charge >= 0.3 is 0 Å². The molecule has 0 spiro atoms. The number of nitrogens with two attached hydrogens (primary N) is 1. The third-order valence-electron chi connectivity index (χ3n) is 3.95. The zero-order chi connectivity index (χ0) is 15.2. The molecule has 0 unspecified atom stereocenters. The van der Waals surface area contributed by atoms with Gasteiger partial charge < -0.3 is 11.1 Å². The molecule has 0 radical (unpaired) electrons. The van der Waals surface area contributed by atoms with Crippen molar-refractivity contribution < 1.29 is 0 Å². The highest BCUT2D eigenvalue weighted by Crippen LogP contribution is 2.28. The van der Waals surface area contributed by atoms with Gasteiger partial charge in [-0.3, -0.25) is 9.89 Å². The van der Waals surface area contributed by atoms with Crippen LogP contribution in [0.5, 0.6) is 0 Å². The summed E-state index contributed by atoms with van der Waals surface area (Å²) >= 11 is 0. The van der Waals surface area contributed by atoms with Crippen LogP contribution in [0.2, 0.25) is 0 Å². The van der Waals surface area contributed by atoms with Gasteiger partial charge in [0, 0.05) is 24.3 Å². The second-order valence-corrected chi connectivity index (χ2v) is 6.01. The first-order valence-corrected chi connectivity index (χ1v) is 8.01. The summed E-state index contributed by atoms with van der Waals surface area (Å²) in [6.07, 6.45) is 3.72. The third kappa shape index (κ3) is 6.12. The number of guanidine groups is 1. The van der Waals surface area contributed by atoms with Crippen LogP contribution in [0.3, 0.4) is 0 Å². The first kappa shape index (κ1) is 19.2. The SMILES string of the molecule is CCc1ccc(NC(N)=NCCN(C(C)C)C2CC2)cc1.I. The molecule has 124 valence electrons. The third-order valence-corrected chi connectivity index (χ3v) is 3.95. The number of nitrogens with zero attached hydrogens (tertiary/aromatic N) is 2. The summed E-state index contributed by atoms with van der Waals surface area (Å²) in [4.78, 5) is 6.96. The molecule has 1 aromatic carbocycles. The Balaban J connectivity index is 0.00000242. The molecule has 0 bridgehead atoms. The van der Waals surface area contributed by atoms with E-state index in [9.17, 15) is 0 Å².